The van der Waals surface area contributed by atoms with Gasteiger partial charge in [0.1, 0.15) is 4.88 Å². The number of methoxy groups -OCH3 is 1. The molecule has 0 spiro atoms. The summed E-state index contributed by atoms with van der Waals surface area (Å²) in [4.78, 5) is 27.9. The lowest BCUT2D eigenvalue weighted by Gasteiger charge is -2.33. The Kier molecular flexibility index (Phi) is 4.52. The van der Waals surface area contributed by atoms with Gasteiger partial charge in [0, 0.05) is 17.6 Å². The number of anilines is 1. The zero-order valence-corrected chi connectivity index (χ0v) is 15.9. The van der Waals surface area contributed by atoms with Crippen LogP contribution < -0.4 is 10.6 Å². The van der Waals surface area contributed by atoms with Crippen LogP contribution in [0.4, 0.5) is 5.69 Å². The van der Waals surface area contributed by atoms with E-state index in [9.17, 15) is 9.59 Å². The van der Waals surface area contributed by atoms with E-state index < -0.39 is 0 Å². The smallest absolute Gasteiger partial charge is 0.348 e. The summed E-state index contributed by atoms with van der Waals surface area (Å²) in [5.41, 5.74) is 7.99. The first-order valence-electron chi connectivity index (χ1n) is 8.35. The van der Waals surface area contributed by atoms with Crippen LogP contribution in [0.15, 0.2) is 36.4 Å². The number of hydrogen-bond donors (Lipinski definition) is 1. The maximum Gasteiger partial charge on any atom is 0.348 e. The van der Waals surface area contributed by atoms with E-state index in [0.717, 1.165) is 27.1 Å². The van der Waals surface area contributed by atoms with Gasteiger partial charge in [0.2, 0.25) is 0 Å². The van der Waals surface area contributed by atoms with Crippen molar-refractivity contribution >= 4 is 49.6 Å². The highest BCUT2D eigenvalue weighted by Crippen LogP contribution is 2.38. The first-order valence-corrected chi connectivity index (χ1v) is 9.98. The van der Waals surface area contributed by atoms with Crippen molar-refractivity contribution in [1.82, 2.24) is 0 Å². The molecule has 4 rings (SSSR count). The van der Waals surface area contributed by atoms with Crippen LogP contribution in [0.3, 0.4) is 0 Å². The predicted octanol–water partition coefficient (Wildman–Crippen LogP) is 3.84. The molecule has 1 amide bonds. The van der Waals surface area contributed by atoms with Crippen LogP contribution >= 0.6 is 22.7 Å². The largest absolute Gasteiger partial charge is 0.465 e. The third-order valence-electron chi connectivity index (χ3n) is 4.71. The van der Waals surface area contributed by atoms with E-state index in [1.807, 2.05) is 29.2 Å². The molecule has 0 bridgehead atoms. The van der Waals surface area contributed by atoms with Gasteiger partial charge in [-0.15, -0.1) is 22.7 Å². The van der Waals surface area contributed by atoms with Gasteiger partial charge in [0.25, 0.3) is 5.91 Å². The zero-order valence-electron chi connectivity index (χ0n) is 14.2. The van der Waals surface area contributed by atoms with Gasteiger partial charge >= 0.3 is 5.97 Å². The lowest BCUT2D eigenvalue weighted by atomic mass is 9.90. The SMILES string of the molecule is COC(=O)c1cc2cc(C(=O)N3CCC(CN)c4ccccc43)sc2s1. The summed E-state index contributed by atoms with van der Waals surface area (Å²) in [6.45, 7) is 1.25. The molecule has 1 aliphatic rings. The van der Waals surface area contributed by atoms with Crippen molar-refractivity contribution < 1.29 is 14.3 Å². The topological polar surface area (TPSA) is 72.6 Å². The summed E-state index contributed by atoms with van der Waals surface area (Å²) in [6.07, 6.45) is 0.867. The number of benzene rings is 1. The van der Waals surface area contributed by atoms with Gasteiger partial charge in [-0.2, -0.15) is 0 Å². The second-order valence-corrected chi connectivity index (χ2v) is 8.56. The molecule has 0 aliphatic carbocycles. The average molecular weight is 386 g/mol. The van der Waals surface area contributed by atoms with E-state index in [4.69, 9.17) is 10.5 Å². The lowest BCUT2D eigenvalue weighted by molar-refractivity contribution is 0.0606. The summed E-state index contributed by atoms with van der Waals surface area (Å²) < 4.78 is 5.72. The summed E-state index contributed by atoms with van der Waals surface area (Å²) >= 11 is 2.79. The molecule has 0 saturated carbocycles. The van der Waals surface area contributed by atoms with Gasteiger partial charge < -0.3 is 15.4 Å². The highest BCUT2D eigenvalue weighted by atomic mass is 32.2. The third-order valence-corrected chi connectivity index (χ3v) is 7.07. The van der Waals surface area contributed by atoms with Gasteiger partial charge in [0.15, 0.2) is 0 Å². The molecule has 2 N–H and O–H groups in total. The second-order valence-electron chi connectivity index (χ2n) is 6.19. The van der Waals surface area contributed by atoms with Crippen molar-refractivity contribution in [3.8, 4) is 0 Å². The molecule has 0 radical (unpaired) electrons. The monoisotopic (exact) mass is 386 g/mol. The standard InChI is InChI=1S/C19H18N2O3S2/c1-24-18(23)16-9-12-8-15(25-19(12)26-16)17(22)21-7-6-11(10-20)13-4-2-3-5-14(13)21/h2-5,8-9,11H,6-7,10,20H2,1H3. The number of nitrogens with two attached hydrogens (primary N) is 1. The third kappa shape index (κ3) is 2.82. The molecule has 1 atom stereocenters. The molecule has 1 unspecified atom stereocenters. The maximum atomic E-state index is 13.1. The number of thiophene rings is 2. The lowest BCUT2D eigenvalue weighted by Crippen LogP contribution is -2.37. The highest BCUT2D eigenvalue weighted by molar-refractivity contribution is 7.39. The highest BCUT2D eigenvalue weighted by Gasteiger charge is 2.29. The normalized spacial score (nSPS) is 16.5. The minimum Gasteiger partial charge on any atom is -0.465 e. The number of esters is 1. The second kappa shape index (κ2) is 6.83. The van der Waals surface area contributed by atoms with Gasteiger partial charge in [-0.1, -0.05) is 18.2 Å². The van der Waals surface area contributed by atoms with Gasteiger partial charge in [0.05, 0.1) is 16.0 Å². The minimum absolute atomic E-state index is 0.000870. The van der Waals surface area contributed by atoms with Gasteiger partial charge in [-0.05, 0) is 42.6 Å². The zero-order chi connectivity index (χ0) is 18.3. The Morgan fingerprint density at radius 3 is 2.69 bits per heavy atom. The first kappa shape index (κ1) is 17.2. The average Bonchev–Trinajstić information content (AvgIpc) is 3.25. The number of ether oxygens (including phenoxy) is 1. The minimum atomic E-state index is -0.343. The Morgan fingerprint density at radius 1 is 1.23 bits per heavy atom. The number of rotatable bonds is 3. The Labute approximate surface area is 159 Å². The molecule has 1 aromatic carbocycles. The molecule has 3 heterocycles. The number of carbonyl (C=O) groups is 2. The molecule has 0 fully saturated rings. The molecule has 5 nitrogen and oxygen atoms in total. The molecular weight excluding hydrogens is 368 g/mol. The van der Waals surface area contributed by atoms with Crippen LogP contribution in [0.2, 0.25) is 0 Å². The Hall–Kier alpha value is -2.22. The molecule has 0 saturated heterocycles. The van der Waals surface area contributed by atoms with Crippen LogP contribution in [-0.4, -0.2) is 32.1 Å². The van der Waals surface area contributed by atoms with Crippen molar-refractivity contribution in [1.29, 1.82) is 0 Å². The van der Waals surface area contributed by atoms with Crippen molar-refractivity contribution in [2.24, 2.45) is 5.73 Å². The van der Waals surface area contributed by atoms with Crippen LogP contribution in [0.5, 0.6) is 0 Å². The summed E-state index contributed by atoms with van der Waals surface area (Å²) in [5.74, 6) is -0.0466. The summed E-state index contributed by atoms with van der Waals surface area (Å²) in [7, 11) is 1.37. The first-order chi connectivity index (χ1) is 12.6. The number of hydrogen-bond acceptors (Lipinski definition) is 6. The van der Waals surface area contributed by atoms with Gasteiger partial charge in [-0.25, -0.2) is 4.79 Å². The fourth-order valence-corrected chi connectivity index (χ4v) is 5.69. The van der Waals surface area contributed by atoms with Crippen LogP contribution in [-0.2, 0) is 4.74 Å². The van der Waals surface area contributed by atoms with E-state index in [1.54, 1.807) is 6.07 Å². The number of carbonyl (C=O) groups excluding carboxylic acids is 2. The van der Waals surface area contributed by atoms with Gasteiger partial charge in [-0.3, -0.25) is 4.79 Å². The predicted molar refractivity (Wildman–Crippen MR) is 106 cm³/mol. The quantitative estimate of drug-likeness (QED) is 0.694. The number of para-hydroxylation sites is 1. The molecule has 7 heteroatoms. The van der Waals surface area contributed by atoms with E-state index >= 15 is 0 Å². The van der Waals surface area contributed by atoms with Crippen molar-refractivity contribution in [3.63, 3.8) is 0 Å². The Balaban J connectivity index is 1.66. The van der Waals surface area contributed by atoms with Crippen molar-refractivity contribution in [2.45, 2.75) is 12.3 Å². The summed E-state index contributed by atoms with van der Waals surface area (Å²) in [5, 5.41) is 0.911. The molecule has 3 aromatic rings. The van der Waals surface area contributed by atoms with Crippen LogP contribution in [0.1, 0.15) is 37.2 Å². The van der Waals surface area contributed by atoms with Crippen LogP contribution in [0, 0.1) is 0 Å². The maximum absolute atomic E-state index is 13.1. The fourth-order valence-electron chi connectivity index (χ4n) is 3.37. The van der Waals surface area contributed by atoms with Crippen molar-refractivity contribution in [3.05, 3.63) is 51.7 Å². The van der Waals surface area contributed by atoms with E-state index in [1.165, 1.54) is 29.8 Å². The van der Waals surface area contributed by atoms with E-state index in [0.29, 0.717) is 28.8 Å². The van der Waals surface area contributed by atoms with E-state index in [2.05, 4.69) is 6.07 Å². The molecule has 1 aliphatic heterocycles. The molecular formula is C19H18N2O3S2. The number of fused-ring (bicyclic) bond motifs is 2. The molecule has 134 valence electrons. The Bertz CT molecular complexity index is 960. The number of nitrogens with zero attached hydrogens (tertiary/aromatic N) is 1. The molecule has 26 heavy (non-hydrogen) atoms. The fraction of sp³-hybridized carbons (Fsp3) is 0.263. The summed E-state index contributed by atoms with van der Waals surface area (Å²) in [6, 6.07) is 11.6. The van der Waals surface area contributed by atoms with Crippen LogP contribution in [0.25, 0.3) is 9.40 Å². The van der Waals surface area contributed by atoms with E-state index in [-0.39, 0.29) is 11.9 Å². The molecule has 2 aromatic heterocycles. The Morgan fingerprint density at radius 2 is 1.96 bits per heavy atom. The number of amides is 1. The van der Waals surface area contributed by atoms with Crippen molar-refractivity contribution in [2.75, 3.05) is 25.1 Å².